The summed E-state index contributed by atoms with van der Waals surface area (Å²) >= 11 is 0. The Labute approximate surface area is 203 Å². The van der Waals surface area contributed by atoms with Gasteiger partial charge in [-0.2, -0.15) is 0 Å². The molecule has 1 aromatic carbocycles. The van der Waals surface area contributed by atoms with Crippen molar-refractivity contribution < 1.29 is 18.8 Å². The molecular weight excluding hydrogens is 431 g/mol. The van der Waals surface area contributed by atoms with E-state index in [1.54, 1.807) is 26.0 Å². The Morgan fingerprint density at radius 2 is 1.68 bits per heavy atom. The minimum Gasteiger partial charge on any atom is -0.345 e. The minimum atomic E-state index is -0.581. The van der Waals surface area contributed by atoms with Crippen molar-refractivity contribution in [3.8, 4) is 0 Å². The van der Waals surface area contributed by atoms with Crippen molar-refractivity contribution in [3.05, 3.63) is 35.1 Å². The van der Waals surface area contributed by atoms with Gasteiger partial charge < -0.3 is 10.2 Å². The minimum absolute atomic E-state index is 0.0494. The van der Waals surface area contributed by atoms with E-state index in [4.69, 9.17) is 0 Å². The molecule has 0 radical (unpaired) electrons. The molecule has 0 bridgehead atoms. The van der Waals surface area contributed by atoms with E-state index in [-0.39, 0.29) is 41.0 Å². The van der Waals surface area contributed by atoms with E-state index in [2.05, 4.69) is 5.32 Å². The number of ketones is 1. The molecule has 4 rings (SSSR count). The second-order valence-corrected chi connectivity index (χ2v) is 10.8. The third-order valence-electron chi connectivity index (χ3n) is 7.51. The number of amides is 2. The van der Waals surface area contributed by atoms with Crippen LogP contribution in [0.2, 0.25) is 0 Å². The van der Waals surface area contributed by atoms with Crippen molar-refractivity contribution in [1.29, 1.82) is 0 Å². The van der Waals surface area contributed by atoms with Gasteiger partial charge in [0.2, 0.25) is 5.91 Å². The summed E-state index contributed by atoms with van der Waals surface area (Å²) in [6, 6.07) is 4.80. The molecule has 3 fully saturated rings. The molecule has 1 atom stereocenters. The first-order valence-corrected chi connectivity index (χ1v) is 13.1. The summed E-state index contributed by atoms with van der Waals surface area (Å²) in [4.78, 5) is 38.6. The van der Waals surface area contributed by atoms with Crippen molar-refractivity contribution in [2.75, 3.05) is 19.6 Å². The van der Waals surface area contributed by atoms with Gasteiger partial charge in [-0.3, -0.25) is 14.4 Å². The zero-order valence-electron chi connectivity index (χ0n) is 21.1. The van der Waals surface area contributed by atoms with Gasteiger partial charge in [-0.05, 0) is 37.3 Å². The number of benzene rings is 1. The lowest BCUT2D eigenvalue weighted by Gasteiger charge is -2.35. The van der Waals surface area contributed by atoms with Crippen molar-refractivity contribution >= 4 is 17.6 Å². The van der Waals surface area contributed by atoms with Crippen LogP contribution < -0.4 is 5.32 Å². The number of halogens is 1. The molecule has 2 aliphatic carbocycles. The lowest BCUT2D eigenvalue weighted by Crippen LogP contribution is -2.42. The van der Waals surface area contributed by atoms with Crippen LogP contribution in [0.25, 0.3) is 0 Å². The molecule has 6 heteroatoms. The smallest absolute Gasteiger partial charge is 0.254 e. The monoisotopic (exact) mass is 472 g/mol. The average molecular weight is 473 g/mol. The SMILES string of the molecule is C1CCCCC1.CC(C)C(=O)CNC(=O)c1cccc(C2CCCN(C(=O)C3(C)CC3)C2)c1F. The highest BCUT2D eigenvalue weighted by Crippen LogP contribution is 2.47. The predicted octanol–water partition coefficient (Wildman–Crippen LogP) is 5.63. The first-order valence-electron chi connectivity index (χ1n) is 13.1. The molecular formula is C28H41FN2O3. The van der Waals surface area contributed by atoms with Gasteiger partial charge in [0.25, 0.3) is 5.91 Å². The Morgan fingerprint density at radius 1 is 1.06 bits per heavy atom. The number of Topliss-reactive ketones (excluding diaryl/α,β-unsaturated/α-hetero) is 1. The number of hydrogen-bond acceptors (Lipinski definition) is 3. The van der Waals surface area contributed by atoms with Gasteiger partial charge in [-0.1, -0.05) is 71.4 Å². The highest BCUT2D eigenvalue weighted by atomic mass is 19.1. The Morgan fingerprint density at radius 3 is 2.24 bits per heavy atom. The third kappa shape index (κ3) is 6.89. The fraction of sp³-hybridized carbons (Fsp3) is 0.679. The summed E-state index contributed by atoms with van der Waals surface area (Å²) in [7, 11) is 0. The number of hydrogen-bond donors (Lipinski definition) is 1. The van der Waals surface area contributed by atoms with Crippen LogP contribution >= 0.6 is 0 Å². The maximum Gasteiger partial charge on any atom is 0.254 e. The summed E-state index contributed by atoms with van der Waals surface area (Å²) < 4.78 is 15.1. The highest BCUT2D eigenvalue weighted by Gasteiger charge is 2.47. The van der Waals surface area contributed by atoms with Crippen molar-refractivity contribution in [3.63, 3.8) is 0 Å². The quantitative estimate of drug-likeness (QED) is 0.584. The zero-order valence-corrected chi connectivity index (χ0v) is 21.1. The van der Waals surface area contributed by atoms with Gasteiger partial charge in [0.1, 0.15) is 5.82 Å². The molecule has 0 aromatic heterocycles. The molecule has 1 N–H and O–H groups in total. The number of rotatable bonds is 6. The lowest BCUT2D eigenvalue weighted by molar-refractivity contribution is -0.137. The first-order chi connectivity index (χ1) is 16.2. The molecule has 1 aromatic rings. The maximum absolute atomic E-state index is 15.1. The second-order valence-electron chi connectivity index (χ2n) is 10.8. The van der Waals surface area contributed by atoms with Gasteiger partial charge in [-0.25, -0.2) is 4.39 Å². The second kappa shape index (κ2) is 11.9. The largest absolute Gasteiger partial charge is 0.345 e. The van der Waals surface area contributed by atoms with Crippen molar-refractivity contribution in [2.45, 2.75) is 90.9 Å². The van der Waals surface area contributed by atoms with Crippen LogP contribution in [-0.2, 0) is 9.59 Å². The average Bonchev–Trinajstić information content (AvgIpc) is 3.61. The summed E-state index contributed by atoms with van der Waals surface area (Å²) in [6.07, 6.45) is 12.5. The standard InChI is InChI=1S/C22H29FN2O3.C6H12/c1-14(2)18(26)12-24-20(27)17-8-4-7-16(19(17)23)15-6-5-11-25(13-15)21(28)22(3)9-10-22;1-2-4-6-5-3-1/h4,7-8,14-15H,5-6,9-13H2,1-3H3,(H,24,27);1-6H2. The number of nitrogens with one attached hydrogen (secondary N) is 1. The summed E-state index contributed by atoms with van der Waals surface area (Å²) in [5.74, 6) is -1.37. The summed E-state index contributed by atoms with van der Waals surface area (Å²) in [5, 5.41) is 2.51. The van der Waals surface area contributed by atoms with E-state index in [0.717, 1.165) is 25.7 Å². The fourth-order valence-electron chi connectivity index (χ4n) is 4.77. The van der Waals surface area contributed by atoms with Crippen LogP contribution in [-0.4, -0.2) is 42.1 Å². The maximum atomic E-state index is 15.1. The summed E-state index contributed by atoms with van der Waals surface area (Å²) in [5.41, 5.74) is 0.193. The number of carbonyl (C=O) groups is 3. The summed E-state index contributed by atoms with van der Waals surface area (Å²) in [6.45, 7) is 6.60. The molecule has 188 valence electrons. The van der Waals surface area contributed by atoms with Gasteiger partial charge in [0, 0.05) is 30.3 Å². The van der Waals surface area contributed by atoms with Crippen LogP contribution in [0.3, 0.4) is 0 Å². The zero-order chi connectivity index (χ0) is 24.7. The van der Waals surface area contributed by atoms with E-state index in [1.165, 1.54) is 44.6 Å². The molecule has 2 saturated carbocycles. The van der Waals surface area contributed by atoms with Gasteiger partial charge in [0.05, 0.1) is 12.1 Å². The molecule has 3 aliphatic rings. The van der Waals surface area contributed by atoms with E-state index in [0.29, 0.717) is 18.7 Å². The number of nitrogens with zero attached hydrogens (tertiary/aromatic N) is 1. The van der Waals surface area contributed by atoms with E-state index < -0.39 is 11.7 Å². The molecule has 2 amide bonds. The molecule has 5 nitrogen and oxygen atoms in total. The predicted molar refractivity (Wildman–Crippen MR) is 132 cm³/mol. The Bertz CT molecular complexity index is 863. The molecule has 34 heavy (non-hydrogen) atoms. The van der Waals surface area contributed by atoms with Gasteiger partial charge >= 0.3 is 0 Å². The third-order valence-corrected chi connectivity index (χ3v) is 7.51. The van der Waals surface area contributed by atoms with E-state index in [1.807, 2.05) is 11.8 Å². The molecule has 1 unspecified atom stereocenters. The Balaban J connectivity index is 0.000000469. The van der Waals surface area contributed by atoms with E-state index in [9.17, 15) is 14.4 Å². The van der Waals surface area contributed by atoms with Crippen LogP contribution in [0.15, 0.2) is 18.2 Å². The first kappa shape index (κ1) is 26.4. The van der Waals surface area contributed by atoms with Crippen LogP contribution in [0.4, 0.5) is 4.39 Å². The molecule has 0 spiro atoms. The van der Waals surface area contributed by atoms with Crippen LogP contribution in [0.1, 0.15) is 107 Å². The van der Waals surface area contributed by atoms with Crippen LogP contribution in [0, 0.1) is 17.2 Å². The van der Waals surface area contributed by atoms with Crippen molar-refractivity contribution in [1.82, 2.24) is 10.2 Å². The number of piperidine rings is 1. The topological polar surface area (TPSA) is 66.5 Å². The van der Waals surface area contributed by atoms with E-state index >= 15 is 4.39 Å². The Kier molecular flexibility index (Phi) is 9.26. The van der Waals surface area contributed by atoms with Gasteiger partial charge in [0.15, 0.2) is 5.78 Å². The lowest BCUT2D eigenvalue weighted by atomic mass is 9.88. The normalized spacial score (nSPS) is 21.3. The number of likely N-dealkylation sites (tertiary alicyclic amines) is 1. The number of carbonyl (C=O) groups excluding carboxylic acids is 3. The molecule has 1 saturated heterocycles. The molecule has 1 heterocycles. The fourth-order valence-corrected chi connectivity index (χ4v) is 4.77. The molecule has 1 aliphatic heterocycles. The van der Waals surface area contributed by atoms with Crippen LogP contribution in [0.5, 0.6) is 0 Å². The van der Waals surface area contributed by atoms with Gasteiger partial charge in [-0.15, -0.1) is 0 Å². The van der Waals surface area contributed by atoms with Crippen molar-refractivity contribution in [2.24, 2.45) is 11.3 Å². The highest BCUT2D eigenvalue weighted by molar-refractivity contribution is 5.97. The Hall–Kier alpha value is -2.24.